The average molecular weight is 299 g/mol. The van der Waals surface area contributed by atoms with Crippen LogP contribution in [0.3, 0.4) is 0 Å². The molecule has 86 valence electrons. The number of halogens is 1. The van der Waals surface area contributed by atoms with Crippen molar-refractivity contribution in [1.29, 1.82) is 0 Å². The monoisotopic (exact) mass is 298 g/mol. The molecule has 1 heterocycles. The second kappa shape index (κ2) is 4.82. The lowest BCUT2D eigenvalue weighted by Gasteiger charge is -2.04. The number of benzene rings is 1. The number of rotatable bonds is 3. The van der Waals surface area contributed by atoms with Crippen LogP contribution in [-0.4, -0.2) is 11.0 Å². The minimum atomic E-state index is 0.497. The molecule has 0 saturated heterocycles. The Labute approximate surface area is 108 Å². The van der Waals surface area contributed by atoms with Crippen LogP contribution in [0.2, 0.25) is 0 Å². The molecule has 0 fully saturated rings. The van der Waals surface area contributed by atoms with E-state index in [-0.39, 0.29) is 0 Å². The smallest absolute Gasteiger partial charge is 0.108 e. The number of aryl methyl sites for hydroxylation is 1. The van der Waals surface area contributed by atoms with Gasteiger partial charge in [-0.25, -0.2) is 4.98 Å². The minimum absolute atomic E-state index is 0.497. The molecule has 0 unspecified atom stereocenters. The molecular formula is C12H15BrN2S. The summed E-state index contributed by atoms with van der Waals surface area (Å²) in [6.45, 7) is 7.25. The highest BCUT2D eigenvalue weighted by Gasteiger charge is 2.07. The van der Waals surface area contributed by atoms with Crippen molar-refractivity contribution in [3.8, 4) is 0 Å². The number of fused-ring (bicyclic) bond motifs is 1. The fourth-order valence-corrected chi connectivity index (χ4v) is 3.37. The Kier molecular flexibility index (Phi) is 3.62. The first kappa shape index (κ1) is 12.0. The van der Waals surface area contributed by atoms with Crippen molar-refractivity contribution in [2.45, 2.75) is 33.4 Å². The number of hydrogen-bond acceptors (Lipinski definition) is 3. The van der Waals surface area contributed by atoms with E-state index in [1.165, 1.54) is 10.3 Å². The Bertz CT molecular complexity index is 505. The number of aromatic nitrogens is 1. The summed E-state index contributed by atoms with van der Waals surface area (Å²) >= 11 is 5.33. The van der Waals surface area contributed by atoms with Crippen LogP contribution >= 0.6 is 27.3 Å². The normalized spacial score (nSPS) is 11.6. The topological polar surface area (TPSA) is 24.9 Å². The van der Waals surface area contributed by atoms with Crippen LogP contribution in [0.5, 0.6) is 0 Å². The number of nitrogens with zero attached hydrogens (tertiary/aromatic N) is 1. The van der Waals surface area contributed by atoms with Crippen LogP contribution in [0.15, 0.2) is 16.6 Å². The lowest BCUT2D eigenvalue weighted by molar-refractivity contribution is 0.588. The van der Waals surface area contributed by atoms with E-state index in [2.05, 4.69) is 59.1 Å². The molecule has 0 aliphatic heterocycles. The van der Waals surface area contributed by atoms with Crippen LogP contribution in [0.4, 0.5) is 0 Å². The van der Waals surface area contributed by atoms with Crippen molar-refractivity contribution in [2.75, 3.05) is 0 Å². The second-order valence-corrected chi connectivity index (χ2v) is 6.21. The maximum Gasteiger partial charge on any atom is 0.108 e. The summed E-state index contributed by atoms with van der Waals surface area (Å²) in [6, 6.07) is 4.80. The third-order valence-electron chi connectivity index (χ3n) is 2.30. The second-order valence-electron chi connectivity index (χ2n) is 4.24. The number of hydrogen-bond donors (Lipinski definition) is 1. The lowest BCUT2D eigenvalue weighted by atomic mass is 10.2. The lowest BCUT2D eigenvalue weighted by Crippen LogP contribution is -2.21. The highest BCUT2D eigenvalue weighted by Crippen LogP contribution is 2.29. The molecule has 0 aliphatic rings. The predicted octanol–water partition coefficient (Wildman–Crippen LogP) is 3.87. The molecule has 0 amide bonds. The Morgan fingerprint density at radius 3 is 2.88 bits per heavy atom. The van der Waals surface area contributed by atoms with Crippen molar-refractivity contribution >= 4 is 37.5 Å². The summed E-state index contributed by atoms with van der Waals surface area (Å²) < 4.78 is 2.35. The van der Waals surface area contributed by atoms with Gasteiger partial charge in [-0.3, -0.25) is 0 Å². The standard InChI is InChI=1S/C12H15BrN2S/c1-7(2)14-6-11-15-12-9(13)4-8(3)5-10(12)16-11/h4-5,7,14H,6H2,1-3H3. The van der Waals surface area contributed by atoms with Gasteiger partial charge in [0.1, 0.15) is 5.01 Å². The zero-order valence-corrected chi connectivity index (χ0v) is 12.1. The Hall–Kier alpha value is -0.450. The molecule has 2 aromatic rings. The average Bonchev–Trinajstić information content (AvgIpc) is 2.57. The zero-order valence-electron chi connectivity index (χ0n) is 9.67. The van der Waals surface area contributed by atoms with E-state index in [0.717, 1.165) is 21.5 Å². The van der Waals surface area contributed by atoms with Crippen LogP contribution < -0.4 is 5.32 Å². The van der Waals surface area contributed by atoms with Crippen LogP contribution in [-0.2, 0) is 6.54 Å². The largest absolute Gasteiger partial charge is 0.308 e. The van der Waals surface area contributed by atoms with Gasteiger partial charge in [-0.05, 0) is 40.5 Å². The van der Waals surface area contributed by atoms with Crippen molar-refractivity contribution in [1.82, 2.24) is 10.3 Å². The van der Waals surface area contributed by atoms with Crippen molar-refractivity contribution in [3.05, 3.63) is 27.2 Å². The Morgan fingerprint density at radius 2 is 2.19 bits per heavy atom. The number of nitrogens with one attached hydrogen (secondary N) is 1. The van der Waals surface area contributed by atoms with Gasteiger partial charge in [-0.1, -0.05) is 13.8 Å². The van der Waals surface area contributed by atoms with Crippen molar-refractivity contribution in [3.63, 3.8) is 0 Å². The zero-order chi connectivity index (χ0) is 11.7. The van der Waals surface area contributed by atoms with Gasteiger partial charge in [0.2, 0.25) is 0 Å². The molecule has 0 aliphatic carbocycles. The molecule has 1 aromatic heterocycles. The molecule has 4 heteroatoms. The highest BCUT2D eigenvalue weighted by molar-refractivity contribution is 9.10. The summed E-state index contributed by atoms with van der Waals surface area (Å²) in [5, 5.41) is 4.54. The molecular weight excluding hydrogens is 284 g/mol. The fraction of sp³-hybridized carbons (Fsp3) is 0.417. The summed E-state index contributed by atoms with van der Waals surface area (Å²) in [7, 11) is 0. The highest BCUT2D eigenvalue weighted by atomic mass is 79.9. The predicted molar refractivity (Wildman–Crippen MR) is 74.0 cm³/mol. The van der Waals surface area contributed by atoms with E-state index in [1.54, 1.807) is 11.3 Å². The first-order chi connectivity index (χ1) is 7.56. The van der Waals surface area contributed by atoms with Gasteiger partial charge in [-0.15, -0.1) is 11.3 Å². The van der Waals surface area contributed by atoms with E-state index in [9.17, 15) is 0 Å². The molecule has 16 heavy (non-hydrogen) atoms. The molecule has 1 N–H and O–H groups in total. The van der Waals surface area contributed by atoms with Gasteiger partial charge in [0, 0.05) is 17.1 Å². The minimum Gasteiger partial charge on any atom is -0.308 e. The first-order valence-electron chi connectivity index (χ1n) is 5.35. The molecule has 0 atom stereocenters. The van der Waals surface area contributed by atoms with E-state index in [4.69, 9.17) is 0 Å². The third-order valence-corrected chi connectivity index (χ3v) is 3.91. The van der Waals surface area contributed by atoms with Gasteiger partial charge in [0.15, 0.2) is 0 Å². The number of thiazole rings is 1. The fourth-order valence-electron chi connectivity index (χ4n) is 1.53. The molecule has 2 nitrogen and oxygen atoms in total. The van der Waals surface area contributed by atoms with Gasteiger partial charge in [-0.2, -0.15) is 0 Å². The maximum absolute atomic E-state index is 4.63. The van der Waals surface area contributed by atoms with Crippen LogP contribution in [0.1, 0.15) is 24.4 Å². The SMILES string of the molecule is Cc1cc(Br)c2nc(CNC(C)C)sc2c1. The third kappa shape index (κ3) is 2.62. The molecule has 1 aromatic carbocycles. The van der Waals surface area contributed by atoms with Gasteiger partial charge < -0.3 is 5.32 Å². The maximum atomic E-state index is 4.63. The molecule has 0 saturated carbocycles. The van der Waals surface area contributed by atoms with Crippen LogP contribution in [0, 0.1) is 6.92 Å². The van der Waals surface area contributed by atoms with E-state index in [1.807, 2.05) is 0 Å². The molecule has 2 rings (SSSR count). The first-order valence-corrected chi connectivity index (χ1v) is 6.96. The summed E-state index contributed by atoms with van der Waals surface area (Å²) in [5.74, 6) is 0. The van der Waals surface area contributed by atoms with Gasteiger partial charge in [0.05, 0.1) is 10.2 Å². The molecule has 0 radical (unpaired) electrons. The molecule has 0 spiro atoms. The van der Waals surface area contributed by atoms with Crippen molar-refractivity contribution in [2.24, 2.45) is 0 Å². The van der Waals surface area contributed by atoms with Crippen LogP contribution in [0.25, 0.3) is 10.2 Å². The van der Waals surface area contributed by atoms with E-state index in [0.29, 0.717) is 6.04 Å². The summed E-state index contributed by atoms with van der Waals surface area (Å²) in [5.41, 5.74) is 2.35. The quantitative estimate of drug-likeness (QED) is 0.930. The molecule has 0 bridgehead atoms. The summed E-state index contributed by atoms with van der Waals surface area (Å²) in [6.07, 6.45) is 0. The van der Waals surface area contributed by atoms with Gasteiger partial charge in [0.25, 0.3) is 0 Å². The van der Waals surface area contributed by atoms with Crippen molar-refractivity contribution < 1.29 is 0 Å². The van der Waals surface area contributed by atoms with E-state index < -0.39 is 0 Å². The van der Waals surface area contributed by atoms with Gasteiger partial charge >= 0.3 is 0 Å². The van der Waals surface area contributed by atoms with E-state index >= 15 is 0 Å². The Morgan fingerprint density at radius 1 is 1.44 bits per heavy atom. The Balaban J connectivity index is 2.33. The summed E-state index contributed by atoms with van der Waals surface area (Å²) in [4.78, 5) is 4.63.